The Morgan fingerprint density at radius 1 is 1.16 bits per heavy atom. The lowest BCUT2D eigenvalue weighted by Crippen LogP contribution is -2.50. The number of nitrogens with one attached hydrogen (secondary N) is 1. The first-order valence-electron chi connectivity index (χ1n) is 10.4. The number of rotatable bonds is 7. The topological polar surface area (TPSA) is 138 Å². The summed E-state index contributed by atoms with van der Waals surface area (Å²) in [4.78, 5) is 22.7. The van der Waals surface area contributed by atoms with E-state index in [2.05, 4.69) is 39.2 Å². The van der Waals surface area contributed by atoms with Crippen LogP contribution in [-0.4, -0.2) is 75.0 Å². The zero-order valence-corrected chi connectivity index (χ0v) is 18.7. The lowest BCUT2D eigenvalue weighted by atomic mass is 10.0. The van der Waals surface area contributed by atoms with E-state index in [0.29, 0.717) is 37.1 Å². The number of carbonyl (C=O) groups is 1. The van der Waals surface area contributed by atoms with Gasteiger partial charge in [0, 0.05) is 39.0 Å². The molecule has 3 heterocycles. The minimum atomic E-state index is -3.58. The lowest BCUT2D eigenvalue weighted by molar-refractivity contribution is -0.132. The zero-order chi connectivity index (χ0) is 22.7. The number of carbonyl (C=O) groups excluding carboxylic acids is 1. The third-order valence-corrected chi connectivity index (χ3v) is 7.34. The van der Waals surface area contributed by atoms with Gasteiger partial charge in [-0.25, -0.2) is 13.4 Å². The summed E-state index contributed by atoms with van der Waals surface area (Å²) in [5, 5.41) is 10.2. The maximum atomic E-state index is 12.9. The summed E-state index contributed by atoms with van der Waals surface area (Å²) < 4.78 is 32.5. The molecule has 0 unspecified atom stereocenters. The highest BCUT2D eigenvalue weighted by Crippen LogP contribution is 2.21. The number of amides is 1. The van der Waals surface area contributed by atoms with Crippen LogP contribution in [0, 0.1) is 0 Å². The number of aromatic amines is 1. The Balaban J connectivity index is 1.29. The van der Waals surface area contributed by atoms with E-state index in [1.54, 1.807) is 17.0 Å². The van der Waals surface area contributed by atoms with Gasteiger partial charge in [-0.15, -0.1) is 0 Å². The molecule has 1 aromatic carbocycles. The van der Waals surface area contributed by atoms with Gasteiger partial charge in [0.15, 0.2) is 5.82 Å². The van der Waals surface area contributed by atoms with Crippen molar-refractivity contribution in [3.05, 3.63) is 42.0 Å². The zero-order valence-electron chi connectivity index (χ0n) is 17.9. The third-order valence-electron chi connectivity index (χ3n) is 5.42. The quantitative estimate of drug-likeness (QED) is 0.560. The second-order valence-corrected chi connectivity index (χ2v) is 9.79. The number of aromatic nitrogens is 5. The standard InChI is InChI=1S/C20H25N7O4S/c1-14(2)15-3-5-16(6-4-15)32(29,30)27-11-9-26(10-12-27)18(28)8-7-17-23-20(25-31-17)19-21-13-22-24-19/h3-6,13-14H,7-12H2,1-2H3,(H,21,22,24). The molecule has 0 aliphatic carbocycles. The molecule has 2 aromatic heterocycles. The molecule has 0 atom stereocenters. The minimum absolute atomic E-state index is 0.0808. The van der Waals surface area contributed by atoms with Crippen LogP contribution in [0.4, 0.5) is 0 Å². The fraction of sp³-hybridized carbons (Fsp3) is 0.450. The normalized spacial score (nSPS) is 15.4. The smallest absolute Gasteiger partial charge is 0.243 e. The largest absolute Gasteiger partial charge is 0.340 e. The van der Waals surface area contributed by atoms with Gasteiger partial charge in [0.1, 0.15) is 6.33 Å². The first kappa shape index (κ1) is 22.1. The number of hydrogen-bond donors (Lipinski definition) is 1. The Hall–Kier alpha value is -3.12. The first-order chi connectivity index (χ1) is 15.3. The van der Waals surface area contributed by atoms with Crippen molar-refractivity contribution in [2.24, 2.45) is 0 Å². The molecule has 1 aliphatic rings. The molecule has 32 heavy (non-hydrogen) atoms. The van der Waals surface area contributed by atoms with Gasteiger partial charge in [0.25, 0.3) is 0 Å². The molecule has 1 amide bonds. The average molecular weight is 460 g/mol. The van der Waals surface area contributed by atoms with Crippen LogP contribution in [0.1, 0.15) is 37.6 Å². The van der Waals surface area contributed by atoms with Gasteiger partial charge >= 0.3 is 0 Å². The molecular weight excluding hydrogens is 434 g/mol. The fourth-order valence-electron chi connectivity index (χ4n) is 3.49. The fourth-order valence-corrected chi connectivity index (χ4v) is 4.91. The van der Waals surface area contributed by atoms with E-state index >= 15 is 0 Å². The van der Waals surface area contributed by atoms with Crippen molar-refractivity contribution >= 4 is 15.9 Å². The minimum Gasteiger partial charge on any atom is -0.340 e. The number of sulfonamides is 1. The lowest BCUT2D eigenvalue weighted by Gasteiger charge is -2.34. The van der Waals surface area contributed by atoms with Crippen molar-refractivity contribution in [3.63, 3.8) is 0 Å². The molecule has 1 aliphatic heterocycles. The Morgan fingerprint density at radius 3 is 2.50 bits per heavy atom. The number of aryl methyl sites for hydroxylation is 1. The maximum Gasteiger partial charge on any atom is 0.243 e. The summed E-state index contributed by atoms with van der Waals surface area (Å²) in [6.07, 6.45) is 1.83. The van der Waals surface area contributed by atoms with Crippen LogP contribution in [0.25, 0.3) is 11.6 Å². The van der Waals surface area contributed by atoms with Crippen LogP contribution in [0.15, 0.2) is 40.0 Å². The van der Waals surface area contributed by atoms with Crippen molar-refractivity contribution in [2.75, 3.05) is 26.2 Å². The molecule has 0 radical (unpaired) electrons. The Bertz CT molecular complexity index is 1150. The molecule has 1 N–H and O–H groups in total. The summed E-state index contributed by atoms with van der Waals surface area (Å²) in [7, 11) is -3.58. The van der Waals surface area contributed by atoms with Gasteiger partial charge in [-0.1, -0.05) is 31.1 Å². The number of benzene rings is 1. The van der Waals surface area contributed by atoms with E-state index in [-0.39, 0.29) is 36.1 Å². The van der Waals surface area contributed by atoms with Crippen LogP contribution < -0.4 is 0 Å². The maximum absolute atomic E-state index is 12.9. The van der Waals surface area contributed by atoms with E-state index in [9.17, 15) is 13.2 Å². The summed E-state index contributed by atoms with van der Waals surface area (Å²) in [6, 6.07) is 7.00. The van der Waals surface area contributed by atoms with Crippen molar-refractivity contribution in [3.8, 4) is 11.6 Å². The second kappa shape index (κ2) is 9.17. The van der Waals surface area contributed by atoms with Gasteiger partial charge in [-0.2, -0.15) is 14.4 Å². The monoisotopic (exact) mass is 459 g/mol. The first-order valence-corrected chi connectivity index (χ1v) is 11.8. The predicted molar refractivity (Wildman–Crippen MR) is 114 cm³/mol. The predicted octanol–water partition coefficient (Wildman–Crippen LogP) is 1.44. The van der Waals surface area contributed by atoms with Crippen molar-refractivity contribution in [2.45, 2.75) is 37.5 Å². The molecule has 4 rings (SSSR count). The van der Waals surface area contributed by atoms with E-state index in [1.807, 2.05) is 12.1 Å². The Morgan fingerprint density at radius 2 is 1.88 bits per heavy atom. The van der Waals surface area contributed by atoms with Crippen LogP contribution in [0.3, 0.4) is 0 Å². The van der Waals surface area contributed by atoms with Crippen molar-refractivity contribution in [1.29, 1.82) is 0 Å². The second-order valence-electron chi connectivity index (χ2n) is 7.85. The molecule has 11 nitrogen and oxygen atoms in total. The highest BCUT2D eigenvalue weighted by atomic mass is 32.2. The molecule has 0 saturated carbocycles. The van der Waals surface area contributed by atoms with Gasteiger partial charge in [0.05, 0.1) is 4.90 Å². The van der Waals surface area contributed by atoms with Gasteiger partial charge in [-0.3, -0.25) is 9.89 Å². The van der Waals surface area contributed by atoms with E-state index in [0.717, 1.165) is 5.56 Å². The van der Waals surface area contributed by atoms with Gasteiger partial charge in [0.2, 0.25) is 27.6 Å². The third kappa shape index (κ3) is 4.70. The number of piperazine rings is 1. The summed E-state index contributed by atoms with van der Waals surface area (Å²) in [6.45, 7) is 5.33. The van der Waals surface area contributed by atoms with Crippen molar-refractivity contribution in [1.82, 2.24) is 34.5 Å². The van der Waals surface area contributed by atoms with E-state index in [4.69, 9.17) is 4.52 Å². The molecular formula is C20H25N7O4S. The molecule has 0 spiro atoms. The number of H-pyrrole nitrogens is 1. The van der Waals surface area contributed by atoms with Gasteiger partial charge < -0.3 is 9.42 Å². The number of hydrogen-bond acceptors (Lipinski definition) is 8. The highest BCUT2D eigenvalue weighted by molar-refractivity contribution is 7.89. The Labute approximate surface area is 185 Å². The molecule has 0 bridgehead atoms. The molecule has 12 heteroatoms. The molecule has 170 valence electrons. The summed E-state index contributed by atoms with van der Waals surface area (Å²) in [5.74, 6) is 1.26. The Kier molecular flexibility index (Phi) is 6.33. The highest BCUT2D eigenvalue weighted by Gasteiger charge is 2.30. The molecule has 1 saturated heterocycles. The average Bonchev–Trinajstić information content (AvgIpc) is 3.49. The molecule has 1 fully saturated rings. The van der Waals surface area contributed by atoms with Crippen LogP contribution in [0.2, 0.25) is 0 Å². The number of nitrogens with zero attached hydrogens (tertiary/aromatic N) is 6. The van der Waals surface area contributed by atoms with E-state index < -0.39 is 10.0 Å². The van der Waals surface area contributed by atoms with Crippen molar-refractivity contribution < 1.29 is 17.7 Å². The van der Waals surface area contributed by atoms with Crippen LogP contribution in [0.5, 0.6) is 0 Å². The van der Waals surface area contributed by atoms with E-state index in [1.165, 1.54) is 10.6 Å². The van der Waals surface area contributed by atoms with Crippen LogP contribution >= 0.6 is 0 Å². The molecule has 3 aromatic rings. The summed E-state index contributed by atoms with van der Waals surface area (Å²) >= 11 is 0. The van der Waals surface area contributed by atoms with Crippen LogP contribution in [-0.2, 0) is 21.2 Å². The SMILES string of the molecule is CC(C)c1ccc(S(=O)(=O)N2CCN(C(=O)CCc3nc(-c4ncn[nH]4)no3)CC2)cc1. The van der Waals surface area contributed by atoms with Gasteiger partial charge in [-0.05, 0) is 23.6 Å². The summed E-state index contributed by atoms with van der Waals surface area (Å²) in [5.41, 5.74) is 1.09.